The lowest BCUT2D eigenvalue weighted by molar-refractivity contribution is 0.0488. The van der Waals surface area contributed by atoms with Crippen molar-refractivity contribution in [3.05, 3.63) is 0 Å². The van der Waals surface area contributed by atoms with E-state index in [2.05, 4.69) is 24.5 Å². The molecule has 5 heteroatoms. The summed E-state index contributed by atoms with van der Waals surface area (Å²) in [4.78, 5) is 11.8. The van der Waals surface area contributed by atoms with Crippen molar-refractivity contribution in [3.63, 3.8) is 0 Å². The van der Waals surface area contributed by atoms with Gasteiger partial charge in [0, 0.05) is 25.7 Å². The van der Waals surface area contributed by atoms with Crippen LogP contribution >= 0.6 is 0 Å². The molecule has 0 aliphatic carbocycles. The highest BCUT2D eigenvalue weighted by molar-refractivity contribution is 5.68. The van der Waals surface area contributed by atoms with Gasteiger partial charge in [0.25, 0.3) is 0 Å². The molecule has 0 aromatic rings. The summed E-state index contributed by atoms with van der Waals surface area (Å²) in [6.45, 7) is 13.1. The number of ether oxygens (including phenoxy) is 2. The Morgan fingerprint density at radius 3 is 2.21 bits per heavy atom. The number of amides is 1. The monoisotopic (exact) mass is 274 g/mol. The van der Waals surface area contributed by atoms with E-state index in [4.69, 9.17) is 9.47 Å². The highest BCUT2D eigenvalue weighted by Gasteiger charge is 2.21. The zero-order valence-corrected chi connectivity index (χ0v) is 13.4. The summed E-state index contributed by atoms with van der Waals surface area (Å²) in [5, 5.41) is 6.24. The number of carbonyl (C=O) groups excluding carboxylic acids is 1. The molecule has 2 N–H and O–H groups in total. The summed E-state index contributed by atoms with van der Waals surface area (Å²) in [5.74, 6) is 0.328. The average molecular weight is 274 g/mol. The van der Waals surface area contributed by atoms with E-state index in [0.717, 1.165) is 0 Å². The largest absolute Gasteiger partial charge is 0.444 e. The lowest BCUT2D eigenvalue weighted by atomic mass is 10.0. The Morgan fingerprint density at radius 1 is 1.21 bits per heavy atom. The Morgan fingerprint density at radius 2 is 1.79 bits per heavy atom. The second-order valence-electron chi connectivity index (χ2n) is 6.26. The van der Waals surface area contributed by atoms with Crippen LogP contribution in [0.2, 0.25) is 0 Å². The van der Waals surface area contributed by atoms with E-state index in [9.17, 15) is 4.79 Å². The van der Waals surface area contributed by atoms with Crippen molar-refractivity contribution >= 4 is 6.09 Å². The summed E-state index contributed by atoms with van der Waals surface area (Å²) in [7, 11) is 1.68. The van der Waals surface area contributed by atoms with Crippen LogP contribution in [0.5, 0.6) is 0 Å². The maximum atomic E-state index is 11.8. The second kappa shape index (κ2) is 8.38. The van der Waals surface area contributed by atoms with Gasteiger partial charge >= 0.3 is 6.09 Å². The number of nitrogens with one attached hydrogen (secondary N) is 2. The SMILES string of the molecule is COCC(C)NCC(NC(=O)OC(C)(C)C)C(C)C. The molecule has 0 heterocycles. The van der Waals surface area contributed by atoms with Crippen LogP contribution in [-0.4, -0.2) is 44.0 Å². The third kappa shape index (κ3) is 9.73. The molecule has 1 amide bonds. The predicted octanol–water partition coefficient (Wildman–Crippen LogP) is 2.16. The smallest absolute Gasteiger partial charge is 0.407 e. The van der Waals surface area contributed by atoms with Crippen molar-refractivity contribution in [2.45, 2.75) is 59.2 Å². The molecule has 114 valence electrons. The zero-order chi connectivity index (χ0) is 15.1. The summed E-state index contributed by atoms with van der Waals surface area (Å²) >= 11 is 0. The van der Waals surface area contributed by atoms with E-state index in [0.29, 0.717) is 19.1 Å². The molecule has 0 rings (SSSR count). The molecule has 0 radical (unpaired) electrons. The first-order valence-corrected chi connectivity index (χ1v) is 6.87. The number of carbonyl (C=O) groups is 1. The maximum Gasteiger partial charge on any atom is 0.407 e. The maximum absolute atomic E-state index is 11.8. The van der Waals surface area contributed by atoms with Gasteiger partial charge in [-0.3, -0.25) is 0 Å². The molecule has 0 aliphatic rings. The van der Waals surface area contributed by atoms with Gasteiger partial charge in [0.15, 0.2) is 0 Å². The van der Waals surface area contributed by atoms with Crippen molar-refractivity contribution in [2.24, 2.45) is 5.92 Å². The minimum Gasteiger partial charge on any atom is -0.444 e. The lowest BCUT2D eigenvalue weighted by Crippen LogP contribution is -2.49. The molecular formula is C14H30N2O3. The van der Waals surface area contributed by atoms with Crippen LogP contribution < -0.4 is 10.6 Å². The molecule has 0 saturated carbocycles. The fraction of sp³-hybridized carbons (Fsp3) is 0.929. The molecule has 19 heavy (non-hydrogen) atoms. The second-order valence-corrected chi connectivity index (χ2v) is 6.26. The first kappa shape index (κ1) is 18.2. The fourth-order valence-corrected chi connectivity index (χ4v) is 1.55. The number of hydrogen-bond acceptors (Lipinski definition) is 4. The molecule has 2 unspecified atom stereocenters. The third-order valence-corrected chi connectivity index (χ3v) is 2.61. The average Bonchev–Trinajstić information content (AvgIpc) is 2.21. The highest BCUT2D eigenvalue weighted by Crippen LogP contribution is 2.08. The molecular weight excluding hydrogens is 244 g/mol. The van der Waals surface area contributed by atoms with E-state index >= 15 is 0 Å². The van der Waals surface area contributed by atoms with E-state index < -0.39 is 5.60 Å². The van der Waals surface area contributed by atoms with Crippen LogP contribution in [-0.2, 0) is 9.47 Å². The van der Waals surface area contributed by atoms with Gasteiger partial charge in [-0.25, -0.2) is 4.79 Å². The minimum atomic E-state index is -0.470. The van der Waals surface area contributed by atoms with Crippen molar-refractivity contribution in [1.29, 1.82) is 0 Å². The van der Waals surface area contributed by atoms with Crippen LogP contribution in [0.3, 0.4) is 0 Å². The molecule has 0 aromatic carbocycles. The number of rotatable bonds is 7. The van der Waals surface area contributed by atoms with E-state index in [1.54, 1.807) is 7.11 Å². The molecule has 2 atom stereocenters. The summed E-state index contributed by atoms with van der Waals surface area (Å²) in [6, 6.07) is 0.292. The molecule has 0 fully saturated rings. The van der Waals surface area contributed by atoms with Crippen molar-refractivity contribution in [3.8, 4) is 0 Å². The molecule has 0 saturated heterocycles. The van der Waals surface area contributed by atoms with E-state index in [-0.39, 0.29) is 18.2 Å². The fourth-order valence-electron chi connectivity index (χ4n) is 1.55. The van der Waals surface area contributed by atoms with Crippen molar-refractivity contribution in [2.75, 3.05) is 20.3 Å². The first-order valence-electron chi connectivity index (χ1n) is 6.87. The predicted molar refractivity (Wildman–Crippen MR) is 77.3 cm³/mol. The molecule has 5 nitrogen and oxygen atoms in total. The van der Waals surface area contributed by atoms with Gasteiger partial charge in [-0.15, -0.1) is 0 Å². The van der Waals surface area contributed by atoms with Gasteiger partial charge in [0.2, 0.25) is 0 Å². The van der Waals surface area contributed by atoms with Gasteiger partial charge < -0.3 is 20.1 Å². The van der Waals surface area contributed by atoms with Gasteiger partial charge in [-0.2, -0.15) is 0 Å². The first-order chi connectivity index (χ1) is 8.65. The normalized spacial score (nSPS) is 15.2. The van der Waals surface area contributed by atoms with Gasteiger partial charge in [0.05, 0.1) is 6.61 Å². The summed E-state index contributed by atoms with van der Waals surface area (Å²) < 4.78 is 10.3. The van der Waals surface area contributed by atoms with Crippen LogP contribution in [0.1, 0.15) is 41.5 Å². The molecule has 0 bridgehead atoms. The molecule has 0 aromatic heterocycles. The van der Waals surface area contributed by atoms with Crippen molar-refractivity contribution in [1.82, 2.24) is 10.6 Å². The summed E-state index contributed by atoms with van der Waals surface area (Å²) in [6.07, 6.45) is -0.368. The molecule has 0 spiro atoms. The molecule has 0 aliphatic heterocycles. The number of hydrogen-bond donors (Lipinski definition) is 2. The Labute approximate surface area is 117 Å². The van der Waals surface area contributed by atoms with Gasteiger partial charge in [-0.05, 0) is 33.6 Å². The number of alkyl carbamates (subject to hydrolysis) is 1. The minimum absolute atomic E-state index is 0.0363. The van der Waals surface area contributed by atoms with Crippen LogP contribution in [0.25, 0.3) is 0 Å². The lowest BCUT2D eigenvalue weighted by Gasteiger charge is -2.27. The van der Waals surface area contributed by atoms with Gasteiger partial charge in [-0.1, -0.05) is 13.8 Å². The standard InChI is InChI=1S/C14H30N2O3/c1-10(2)12(8-15-11(3)9-18-7)16-13(17)19-14(4,5)6/h10-12,15H,8-9H2,1-7H3,(H,16,17). The third-order valence-electron chi connectivity index (χ3n) is 2.61. The highest BCUT2D eigenvalue weighted by atomic mass is 16.6. The van der Waals surface area contributed by atoms with Crippen LogP contribution in [0, 0.1) is 5.92 Å². The Kier molecular flexibility index (Phi) is 8.02. The van der Waals surface area contributed by atoms with E-state index in [1.165, 1.54) is 0 Å². The Hall–Kier alpha value is -0.810. The van der Waals surface area contributed by atoms with Crippen LogP contribution in [0.15, 0.2) is 0 Å². The van der Waals surface area contributed by atoms with E-state index in [1.807, 2.05) is 27.7 Å². The number of methoxy groups -OCH3 is 1. The van der Waals surface area contributed by atoms with Crippen molar-refractivity contribution < 1.29 is 14.3 Å². The Bertz CT molecular complexity index is 262. The zero-order valence-electron chi connectivity index (χ0n) is 13.4. The van der Waals surface area contributed by atoms with Crippen LogP contribution in [0.4, 0.5) is 4.79 Å². The van der Waals surface area contributed by atoms with Gasteiger partial charge in [0.1, 0.15) is 5.60 Å². The summed E-state index contributed by atoms with van der Waals surface area (Å²) in [5.41, 5.74) is -0.470. The Balaban J connectivity index is 4.23. The quantitative estimate of drug-likeness (QED) is 0.747. The topological polar surface area (TPSA) is 59.6 Å².